The molecule has 1 heterocycles. The Kier molecular flexibility index (Phi) is 5.47. The fourth-order valence-corrected chi connectivity index (χ4v) is 2.63. The molecule has 2 rings (SSSR count). The Morgan fingerprint density at radius 2 is 2.28 bits per heavy atom. The van der Waals surface area contributed by atoms with Gasteiger partial charge in [0.15, 0.2) is 0 Å². The molecule has 2 N–H and O–H groups in total. The maximum Gasteiger partial charge on any atom is 0.255 e. The van der Waals surface area contributed by atoms with Gasteiger partial charge in [0.25, 0.3) is 5.91 Å². The number of carbonyl (C=O) groups excluding carboxylic acids is 1. The van der Waals surface area contributed by atoms with Crippen molar-refractivity contribution in [3.05, 3.63) is 28.2 Å². The van der Waals surface area contributed by atoms with Crippen LogP contribution >= 0.6 is 28.3 Å². The molecule has 0 bridgehead atoms. The number of anilines is 1. The summed E-state index contributed by atoms with van der Waals surface area (Å²) in [6.45, 7) is 3.89. The van der Waals surface area contributed by atoms with Crippen molar-refractivity contribution < 1.29 is 4.79 Å². The number of nitrogen functional groups attached to an aromatic ring is 1. The van der Waals surface area contributed by atoms with Crippen LogP contribution < -0.4 is 5.73 Å². The highest BCUT2D eigenvalue weighted by atomic mass is 79.9. The van der Waals surface area contributed by atoms with E-state index in [-0.39, 0.29) is 18.3 Å². The van der Waals surface area contributed by atoms with Crippen molar-refractivity contribution in [2.24, 2.45) is 5.92 Å². The molecule has 18 heavy (non-hydrogen) atoms. The first-order chi connectivity index (χ1) is 8.11. The number of nitrogens with zero attached hydrogens (tertiary/aromatic N) is 1. The summed E-state index contributed by atoms with van der Waals surface area (Å²) in [7, 11) is 0. The van der Waals surface area contributed by atoms with Crippen molar-refractivity contribution in [1.29, 1.82) is 0 Å². The van der Waals surface area contributed by atoms with Gasteiger partial charge in [0.1, 0.15) is 0 Å². The Morgan fingerprint density at radius 3 is 2.83 bits per heavy atom. The average Bonchev–Trinajstić information content (AvgIpc) is 2.76. The molecule has 0 saturated carbocycles. The Labute approximate surface area is 122 Å². The lowest BCUT2D eigenvalue weighted by molar-refractivity contribution is 0.0788. The van der Waals surface area contributed by atoms with E-state index < -0.39 is 0 Å². The smallest absolute Gasteiger partial charge is 0.255 e. The Hall–Kier alpha value is -0.740. The van der Waals surface area contributed by atoms with Gasteiger partial charge in [0.2, 0.25) is 0 Å². The fraction of sp³-hybridized carbons (Fsp3) is 0.462. The van der Waals surface area contributed by atoms with Crippen LogP contribution in [0.15, 0.2) is 22.7 Å². The van der Waals surface area contributed by atoms with Gasteiger partial charge in [-0.25, -0.2) is 0 Å². The van der Waals surface area contributed by atoms with E-state index in [2.05, 4.69) is 22.9 Å². The first-order valence-electron chi connectivity index (χ1n) is 5.96. The number of hydrogen-bond acceptors (Lipinski definition) is 2. The van der Waals surface area contributed by atoms with Crippen molar-refractivity contribution in [2.45, 2.75) is 19.8 Å². The number of carbonyl (C=O) groups is 1. The second-order valence-electron chi connectivity index (χ2n) is 4.55. The molecule has 0 radical (unpaired) electrons. The SMILES string of the molecule is CCC1CCN(C(=O)c2ccc(Br)cc2N)C1.Cl. The maximum atomic E-state index is 12.3. The van der Waals surface area contributed by atoms with Crippen molar-refractivity contribution in [3.8, 4) is 0 Å². The number of halogens is 2. The summed E-state index contributed by atoms with van der Waals surface area (Å²) in [6, 6.07) is 5.43. The highest BCUT2D eigenvalue weighted by Gasteiger charge is 2.26. The van der Waals surface area contributed by atoms with E-state index in [9.17, 15) is 4.79 Å². The van der Waals surface area contributed by atoms with Gasteiger partial charge in [-0.1, -0.05) is 29.3 Å². The molecule has 0 aromatic heterocycles. The van der Waals surface area contributed by atoms with Crippen LogP contribution in [0.3, 0.4) is 0 Å². The molecule has 1 aromatic carbocycles. The van der Waals surface area contributed by atoms with Crippen molar-refractivity contribution in [1.82, 2.24) is 4.90 Å². The van der Waals surface area contributed by atoms with E-state index in [4.69, 9.17) is 5.73 Å². The van der Waals surface area contributed by atoms with Crippen molar-refractivity contribution in [2.75, 3.05) is 18.8 Å². The topological polar surface area (TPSA) is 46.3 Å². The number of benzene rings is 1. The predicted molar refractivity (Wildman–Crippen MR) is 80.1 cm³/mol. The van der Waals surface area contributed by atoms with E-state index in [1.165, 1.54) is 0 Å². The summed E-state index contributed by atoms with van der Waals surface area (Å²) in [5.74, 6) is 0.710. The standard InChI is InChI=1S/C13H17BrN2O.ClH/c1-2-9-5-6-16(8-9)13(17)11-4-3-10(14)7-12(11)15;/h3-4,7,9H,2,5-6,8,15H2,1H3;1H. The van der Waals surface area contributed by atoms with E-state index >= 15 is 0 Å². The zero-order valence-electron chi connectivity index (χ0n) is 10.4. The Morgan fingerprint density at radius 1 is 1.56 bits per heavy atom. The van der Waals surface area contributed by atoms with Crippen LogP contribution in [0.4, 0.5) is 5.69 Å². The quantitative estimate of drug-likeness (QED) is 0.844. The lowest BCUT2D eigenvalue weighted by Gasteiger charge is -2.17. The van der Waals surface area contributed by atoms with E-state index in [1.807, 2.05) is 11.0 Å². The molecule has 1 saturated heterocycles. The number of likely N-dealkylation sites (tertiary alicyclic amines) is 1. The molecule has 1 aliphatic heterocycles. The zero-order valence-corrected chi connectivity index (χ0v) is 12.8. The van der Waals surface area contributed by atoms with Gasteiger partial charge in [-0.2, -0.15) is 0 Å². The first kappa shape index (κ1) is 15.3. The molecule has 5 heteroatoms. The van der Waals surface area contributed by atoms with Crippen LogP contribution in [0.25, 0.3) is 0 Å². The summed E-state index contributed by atoms with van der Waals surface area (Å²) >= 11 is 3.34. The van der Waals surface area contributed by atoms with Gasteiger partial charge in [0, 0.05) is 23.2 Å². The number of amides is 1. The van der Waals surface area contributed by atoms with E-state index in [0.29, 0.717) is 17.2 Å². The highest BCUT2D eigenvalue weighted by Crippen LogP contribution is 2.24. The molecule has 100 valence electrons. The third-order valence-electron chi connectivity index (χ3n) is 3.39. The van der Waals surface area contributed by atoms with Gasteiger partial charge in [-0.3, -0.25) is 4.79 Å². The van der Waals surface area contributed by atoms with Crippen LogP contribution in [0.2, 0.25) is 0 Å². The van der Waals surface area contributed by atoms with E-state index in [1.54, 1.807) is 12.1 Å². The maximum absolute atomic E-state index is 12.3. The lowest BCUT2D eigenvalue weighted by atomic mass is 10.1. The fourth-order valence-electron chi connectivity index (χ4n) is 2.25. The van der Waals surface area contributed by atoms with Gasteiger partial charge in [0.05, 0.1) is 5.56 Å². The molecule has 1 fully saturated rings. The number of nitrogens with two attached hydrogens (primary N) is 1. The first-order valence-corrected chi connectivity index (χ1v) is 6.75. The molecule has 0 aliphatic carbocycles. The van der Waals surface area contributed by atoms with Gasteiger partial charge in [-0.15, -0.1) is 12.4 Å². The lowest BCUT2D eigenvalue weighted by Crippen LogP contribution is -2.29. The van der Waals surface area contributed by atoms with Crippen LogP contribution in [0.1, 0.15) is 30.1 Å². The summed E-state index contributed by atoms with van der Waals surface area (Å²) in [5, 5.41) is 0. The Bertz CT molecular complexity index is 439. The third-order valence-corrected chi connectivity index (χ3v) is 3.89. The summed E-state index contributed by atoms with van der Waals surface area (Å²) in [4.78, 5) is 14.2. The summed E-state index contributed by atoms with van der Waals surface area (Å²) in [6.07, 6.45) is 2.25. The van der Waals surface area contributed by atoms with Crippen molar-refractivity contribution >= 4 is 39.9 Å². The minimum Gasteiger partial charge on any atom is -0.398 e. The third kappa shape index (κ3) is 3.18. The molecule has 1 aliphatic rings. The molecule has 1 amide bonds. The minimum absolute atomic E-state index is 0. The second kappa shape index (κ2) is 6.43. The predicted octanol–water partition coefficient (Wildman–Crippen LogP) is 3.33. The highest BCUT2D eigenvalue weighted by molar-refractivity contribution is 9.10. The number of rotatable bonds is 2. The van der Waals surface area contributed by atoms with Gasteiger partial charge in [-0.05, 0) is 30.5 Å². The number of hydrogen-bond donors (Lipinski definition) is 1. The summed E-state index contributed by atoms with van der Waals surface area (Å²) in [5.41, 5.74) is 7.04. The Balaban J connectivity index is 0.00000162. The molecular formula is C13H18BrClN2O. The minimum atomic E-state index is 0. The van der Waals surface area contributed by atoms with Crippen LogP contribution in [0.5, 0.6) is 0 Å². The second-order valence-corrected chi connectivity index (χ2v) is 5.46. The van der Waals surface area contributed by atoms with Gasteiger partial charge >= 0.3 is 0 Å². The summed E-state index contributed by atoms with van der Waals surface area (Å²) < 4.78 is 0.902. The molecule has 3 nitrogen and oxygen atoms in total. The zero-order chi connectivity index (χ0) is 12.4. The van der Waals surface area contributed by atoms with Gasteiger partial charge < -0.3 is 10.6 Å². The molecule has 0 spiro atoms. The van der Waals surface area contributed by atoms with Crippen molar-refractivity contribution in [3.63, 3.8) is 0 Å². The monoisotopic (exact) mass is 332 g/mol. The van der Waals surface area contributed by atoms with Crippen LogP contribution in [0, 0.1) is 5.92 Å². The van der Waals surface area contributed by atoms with Crippen LogP contribution in [-0.2, 0) is 0 Å². The molecule has 1 atom stereocenters. The molecule has 1 unspecified atom stereocenters. The molecular weight excluding hydrogens is 316 g/mol. The van der Waals surface area contributed by atoms with E-state index in [0.717, 1.165) is 30.4 Å². The average molecular weight is 334 g/mol. The molecule has 1 aromatic rings. The normalized spacial score (nSPS) is 18.6. The van der Waals surface area contributed by atoms with Crippen LogP contribution in [-0.4, -0.2) is 23.9 Å². The largest absolute Gasteiger partial charge is 0.398 e.